The molecule has 84 valence electrons. The summed E-state index contributed by atoms with van der Waals surface area (Å²) in [4.78, 5) is 10.6. The molecule has 3 rings (SSSR count). The molecule has 0 saturated carbocycles. The van der Waals surface area contributed by atoms with Gasteiger partial charge in [0.25, 0.3) is 0 Å². The third-order valence-corrected chi connectivity index (χ3v) is 3.12. The zero-order valence-electron chi connectivity index (χ0n) is 9.05. The molecule has 3 nitrogen and oxygen atoms in total. The Morgan fingerprint density at radius 2 is 1.94 bits per heavy atom. The minimum atomic E-state index is -0.258. The van der Waals surface area contributed by atoms with Crippen molar-refractivity contribution in [3.8, 4) is 0 Å². The number of benzene rings is 2. The number of carbonyl (C=O) groups excluding carboxylic acids is 1. The molecule has 0 spiro atoms. The third kappa shape index (κ3) is 1.40. The molecular weight excluding hydrogens is 214 g/mol. The predicted molar refractivity (Wildman–Crippen MR) is 66.5 cm³/mol. The molecule has 2 N–H and O–H groups in total. The van der Waals surface area contributed by atoms with Crippen LogP contribution in [0.15, 0.2) is 42.5 Å². The molecule has 17 heavy (non-hydrogen) atoms. The van der Waals surface area contributed by atoms with Crippen molar-refractivity contribution in [2.75, 3.05) is 0 Å². The van der Waals surface area contributed by atoms with Gasteiger partial charge in [0.05, 0.1) is 6.04 Å². The summed E-state index contributed by atoms with van der Waals surface area (Å²) < 4.78 is 0. The first kappa shape index (κ1) is 9.90. The van der Waals surface area contributed by atoms with Crippen LogP contribution in [0.2, 0.25) is 0 Å². The van der Waals surface area contributed by atoms with Gasteiger partial charge in [-0.15, -0.1) is 0 Å². The standard InChI is InChI=1S/C14H11NO2/c16-8-15-12-7-13(17)11-6-2-4-9-3-1-5-10(12)14(9)11/h1-8,12,17H,(H,15,16). The number of hydrogen-bond donors (Lipinski definition) is 2. The zero-order valence-corrected chi connectivity index (χ0v) is 9.05. The summed E-state index contributed by atoms with van der Waals surface area (Å²) in [6.45, 7) is 0. The van der Waals surface area contributed by atoms with Crippen LogP contribution in [0.1, 0.15) is 17.2 Å². The van der Waals surface area contributed by atoms with E-state index in [4.69, 9.17) is 0 Å². The number of aliphatic hydroxyl groups excluding tert-OH is 1. The van der Waals surface area contributed by atoms with Crippen LogP contribution in [0.5, 0.6) is 0 Å². The van der Waals surface area contributed by atoms with Gasteiger partial charge in [0.15, 0.2) is 0 Å². The first-order chi connectivity index (χ1) is 8.31. The van der Waals surface area contributed by atoms with E-state index in [1.54, 1.807) is 6.08 Å². The van der Waals surface area contributed by atoms with Gasteiger partial charge in [-0.1, -0.05) is 36.4 Å². The van der Waals surface area contributed by atoms with Crippen molar-refractivity contribution in [3.63, 3.8) is 0 Å². The van der Waals surface area contributed by atoms with E-state index < -0.39 is 0 Å². The highest BCUT2D eigenvalue weighted by Gasteiger charge is 2.20. The Kier molecular flexibility index (Phi) is 2.11. The van der Waals surface area contributed by atoms with Gasteiger partial charge in [-0.2, -0.15) is 0 Å². The van der Waals surface area contributed by atoms with Crippen LogP contribution in [0.4, 0.5) is 0 Å². The summed E-state index contributed by atoms with van der Waals surface area (Å²) in [5, 5.41) is 14.7. The van der Waals surface area contributed by atoms with Crippen LogP contribution in [-0.2, 0) is 4.79 Å². The highest BCUT2D eigenvalue weighted by atomic mass is 16.3. The Labute approximate surface area is 98.4 Å². The van der Waals surface area contributed by atoms with Gasteiger partial charge in [-0.25, -0.2) is 0 Å². The topological polar surface area (TPSA) is 49.3 Å². The molecule has 0 aliphatic heterocycles. The summed E-state index contributed by atoms with van der Waals surface area (Å²) in [6.07, 6.45) is 2.31. The Hall–Kier alpha value is -2.29. The van der Waals surface area contributed by atoms with Crippen LogP contribution in [0.3, 0.4) is 0 Å². The monoisotopic (exact) mass is 225 g/mol. The second-order valence-electron chi connectivity index (χ2n) is 4.07. The van der Waals surface area contributed by atoms with Gasteiger partial charge in [0, 0.05) is 5.56 Å². The molecule has 1 aliphatic carbocycles. The molecule has 2 aromatic carbocycles. The maximum atomic E-state index is 10.6. The molecule has 0 aromatic heterocycles. The van der Waals surface area contributed by atoms with E-state index in [0.29, 0.717) is 6.41 Å². The number of aliphatic hydroxyl groups is 1. The fourth-order valence-electron chi connectivity index (χ4n) is 2.39. The fraction of sp³-hybridized carbons (Fsp3) is 0.0714. The van der Waals surface area contributed by atoms with Gasteiger partial charge in [-0.3, -0.25) is 4.79 Å². The van der Waals surface area contributed by atoms with Crippen LogP contribution in [-0.4, -0.2) is 11.5 Å². The molecule has 0 radical (unpaired) electrons. The molecule has 1 atom stereocenters. The van der Waals surface area contributed by atoms with Gasteiger partial charge in [0.2, 0.25) is 6.41 Å². The minimum absolute atomic E-state index is 0.216. The molecule has 0 fully saturated rings. The number of carbonyl (C=O) groups is 1. The van der Waals surface area contributed by atoms with Crippen molar-refractivity contribution in [1.29, 1.82) is 0 Å². The highest BCUT2D eigenvalue weighted by Crippen LogP contribution is 2.36. The fourth-order valence-corrected chi connectivity index (χ4v) is 2.39. The Morgan fingerprint density at radius 1 is 1.18 bits per heavy atom. The second kappa shape index (κ2) is 3.63. The van der Waals surface area contributed by atoms with E-state index >= 15 is 0 Å². The first-order valence-corrected chi connectivity index (χ1v) is 5.44. The van der Waals surface area contributed by atoms with Gasteiger partial charge < -0.3 is 10.4 Å². The largest absolute Gasteiger partial charge is 0.508 e. The summed E-state index contributed by atoms with van der Waals surface area (Å²) in [6, 6.07) is 11.5. The van der Waals surface area contributed by atoms with Crippen LogP contribution < -0.4 is 5.32 Å². The summed E-state index contributed by atoms with van der Waals surface area (Å²) in [5.41, 5.74) is 1.84. The SMILES string of the molecule is O=CNC1C=C(O)c2cccc3cccc1c23. The summed E-state index contributed by atoms with van der Waals surface area (Å²) >= 11 is 0. The van der Waals surface area contributed by atoms with Crippen molar-refractivity contribution in [2.24, 2.45) is 0 Å². The zero-order chi connectivity index (χ0) is 11.8. The first-order valence-electron chi connectivity index (χ1n) is 5.44. The van der Waals surface area contributed by atoms with E-state index in [9.17, 15) is 9.90 Å². The quantitative estimate of drug-likeness (QED) is 0.771. The lowest BCUT2D eigenvalue weighted by Crippen LogP contribution is -2.20. The van der Waals surface area contributed by atoms with Gasteiger partial charge in [0.1, 0.15) is 5.76 Å². The lowest BCUT2D eigenvalue weighted by atomic mass is 9.89. The van der Waals surface area contributed by atoms with E-state index in [1.165, 1.54) is 0 Å². The molecule has 0 saturated heterocycles. The average molecular weight is 225 g/mol. The van der Waals surface area contributed by atoms with Crippen molar-refractivity contribution in [2.45, 2.75) is 6.04 Å². The van der Waals surface area contributed by atoms with E-state index in [-0.39, 0.29) is 11.8 Å². The normalized spacial score (nSPS) is 17.6. The van der Waals surface area contributed by atoms with Crippen LogP contribution in [0.25, 0.3) is 16.5 Å². The number of rotatable bonds is 2. The predicted octanol–water partition coefficient (Wildman–Crippen LogP) is 2.54. The molecule has 0 heterocycles. The Bertz CT molecular complexity index is 626. The molecule has 1 unspecified atom stereocenters. The maximum absolute atomic E-state index is 10.6. The lowest BCUT2D eigenvalue weighted by Gasteiger charge is -2.22. The Morgan fingerprint density at radius 3 is 2.71 bits per heavy atom. The second-order valence-corrected chi connectivity index (χ2v) is 4.07. The smallest absolute Gasteiger partial charge is 0.207 e. The van der Waals surface area contributed by atoms with Crippen molar-refractivity contribution >= 4 is 22.9 Å². The Balaban J connectivity index is 2.35. The van der Waals surface area contributed by atoms with Crippen molar-refractivity contribution < 1.29 is 9.90 Å². The van der Waals surface area contributed by atoms with Crippen LogP contribution in [0, 0.1) is 0 Å². The number of amides is 1. The third-order valence-electron chi connectivity index (χ3n) is 3.12. The van der Waals surface area contributed by atoms with E-state index in [0.717, 1.165) is 21.9 Å². The number of hydrogen-bond acceptors (Lipinski definition) is 2. The molecule has 2 aromatic rings. The van der Waals surface area contributed by atoms with Crippen molar-refractivity contribution in [3.05, 3.63) is 53.6 Å². The van der Waals surface area contributed by atoms with Crippen molar-refractivity contribution in [1.82, 2.24) is 5.32 Å². The molecular formula is C14H11NO2. The molecule has 0 bridgehead atoms. The molecule has 1 aliphatic rings. The van der Waals surface area contributed by atoms with Gasteiger partial charge in [-0.05, 0) is 22.4 Å². The average Bonchev–Trinajstić information content (AvgIpc) is 2.35. The molecule has 3 heteroatoms. The van der Waals surface area contributed by atoms with Crippen LogP contribution >= 0.6 is 0 Å². The summed E-state index contributed by atoms with van der Waals surface area (Å²) in [5.74, 6) is 0.216. The van der Waals surface area contributed by atoms with E-state index in [1.807, 2.05) is 36.4 Å². The maximum Gasteiger partial charge on any atom is 0.207 e. The molecule has 1 amide bonds. The minimum Gasteiger partial charge on any atom is -0.508 e. The number of nitrogens with one attached hydrogen (secondary N) is 1. The van der Waals surface area contributed by atoms with Gasteiger partial charge >= 0.3 is 0 Å². The highest BCUT2D eigenvalue weighted by molar-refractivity contribution is 5.97. The lowest BCUT2D eigenvalue weighted by molar-refractivity contribution is -0.109. The van der Waals surface area contributed by atoms with E-state index in [2.05, 4.69) is 5.32 Å². The summed E-state index contributed by atoms with van der Waals surface area (Å²) in [7, 11) is 0.